The van der Waals surface area contributed by atoms with Gasteiger partial charge in [-0.25, -0.2) is 4.79 Å². The highest BCUT2D eigenvalue weighted by molar-refractivity contribution is 5.83. The molecule has 1 aliphatic rings. The molecule has 0 spiro atoms. The largest absolute Gasteiger partial charge is 0.481 e. The van der Waals surface area contributed by atoms with E-state index in [1.807, 2.05) is 38.1 Å². The Morgan fingerprint density at radius 2 is 1.62 bits per heavy atom. The van der Waals surface area contributed by atoms with Gasteiger partial charge in [-0.15, -0.1) is 0 Å². The number of carboxylic acid groups (broad SMARTS) is 1. The third kappa shape index (κ3) is 5.95. The quantitative estimate of drug-likeness (QED) is 0.450. The van der Waals surface area contributed by atoms with Crippen LogP contribution >= 0.6 is 0 Å². The van der Waals surface area contributed by atoms with Gasteiger partial charge in [-0.3, -0.25) is 9.59 Å². The number of nitrogens with one attached hydrogen (secondary N) is 2. The molecule has 182 valence electrons. The van der Waals surface area contributed by atoms with E-state index in [9.17, 15) is 14.4 Å². The van der Waals surface area contributed by atoms with Crippen molar-refractivity contribution in [1.29, 1.82) is 0 Å². The van der Waals surface area contributed by atoms with Crippen molar-refractivity contribution >= 4 is 18.0 Å². The van der Waals surface area contributed by atoms with E-state index in [1.54, 1.807) is 6.92 Å². The Bertz CT molecular complexity index is 992. The van der Waals surface area contributed by atoms with Crippen molar-refractivity contribution < 1.29 is 24.2 Å². The molecule has 7 heteroatoms. The molecule has 0 saturated heterocycles. The number of benzene rings is 2. The molecule has 34 heavy (non-hydrogen) atoms. The summed E-state index contributed by atoms with van der Waals surface area (Å²) in [5.74, 6) is -1.06. The molecule has 2 aromatic carbocycles. The summed E-state index contributed by atoms with van der Waals surface area (Å²) in [7, 11) is 0. The summed E-state index contributed by atoms with van der Waals surface area (Å²) in [6, 6.07) is 16.3. The van der Waals surface area contributed by atoms with E-state index in [0.29, 0.717) is 19.4 Å². The molecule has 2 atom stereocenters. The zero-order chi connectivity index (χ0) is 24.7. The van der Waals surface area contributed by atoms with E-state index in [1.165, 1.54) is 11.1 Å². The van der Waals surface area contributed by atoms with Gasteiger partial charge in [-0.05, 0) is 47.9 Å². The molecule has 3 N–H and O–H groups in total. The minimum Gasteiger partial charge on any atom is -0.481 e. The second-order valence-corrected chi connectivity index (χ2v) is 9.34. The van der Waals surface area contributed by atoms with E-state index in [2.05, 4.69) is 34.9 Å². The number of amides is 2. The van der Waals surface area contributed by atoms with Crippen molar-refractivity contribution in [3.63, 3.8) is 0 Å². The second-order valence-electron chi connectivity index (χ2n) is 9.34. The maximum Gasteiger partial charge on any atom is 0.407 e. The number of carboxylic acids is 1. The SMILES string of the molecule is CCC(C)(CNC(=O)OCC1c2ccccc2-c2ccccc21)C(=O)NCCC(C)CC(=O)O. The lowest BCUT2D eigenvalue weighted by Crippen LogP contribution is -2.47. The van der Waals surface area contributed by atoms with Gasteiger partial charge in [0.2, 0.25) is 5.91 Å². The van der Waals surface area contributed by atoms with Crippen LogP contribution in [0.2, 0.25) is 0 Å². The highest BCUT2D eigenvalue weighted by atomic mass is 16.5. The van der Waals surface area contributed by atoms with Crippen molar-refractivity contribution in [2.45, 2.75) is 46.0 Å². The minimum atomic E-state index is -0.843. The summed E-state index contributed by atoms with van der Waals surface area (Å²) in [6.07, 6.45) is 0.638. The van der Waals surface area contributed by atoms with Crippen LogP contribution in [-0.4, -0.2) is 42.8 Å². The Morgan fingerprint density at radius 1 is 1.03 bits per heavy atom. The standard InChI is InChI=1S/C27H34N2O5/c1-4-27(3,25(32)28-14-13-18(2)15-24(30)31)17-29-26(33)34-16-23-21-11-7-5-9-19(21)20-10-6-8-12-22(20)23/h5-12,18,23H,4,13-17H2,1-3H3,(H,28,32)(H,29,33)(H,30,31). The van der Waals surface area contributed by atoms with E-state index < -0.39 is 17.5 Å². The summed E-state index contributed by atoms with van der Waals surface area (Å²) in [5.41, 5.74) is 3.83. The van der Waals surface area contributed by atoms with Crippen molar-refractivity contribution in [2.24, 2.45) is 11.3 Å². The third-order valence-electron chi connectivity index (χ3n) is 6.74. The normalized spacial score (nSPS) is 14.9. The van der Waals surface area contributed by atoms with Crippen LogP contribution in [0.3, 0.4) is 0 Å². The maximum atomic E-state index is 12.7. The molecule has 7 nitrogen and oxygen atoms in total. The Balaban J connectivity index is 1.51. The summed E-state index contributed by atoms with van der Waals surface area (Å²) in [5, 5.41) is 14.5. The van der Waals surface area contributed by atoms with Crippen LogP contribution in [0.4, 0.5) is 4.79 Å². The Kier molecular flexibility index (Phi) is 8.31. The summed E-state index contributed by atoms with van der Waals surface area (Å²) in [4.78, 5) is 36.0. The van der Waals surface area contributed by atoms with Gasteiger partial charge >= 0.3 is 12.1 Å². The van der Waals surface area contributed by atoms with Crippen LogP contribution in [0.1, 0.15) is 57.1 Å². The van der Waals surface area contributed by atoms with Gasteiger partial charge in [0, 0.05) is 25.4 Å². The first-order valence-corrected chi connectivity index (χ1v) is 11.8. The number of hydrogen-bond acceptors (Lipinski definition) is 4. The highest BCUT2D eigenvalue weighted by Crippen LogP contribution is 2.44. The molecule has 0 aliphatic heterocycles. The van der Waals surface area contributed by atoms with E-state index in [4.69, 9.17) is 9.84 Å². The van der Waals surface area contributed by atoms with Gasteiger partial charge in [0.1, 0.15) is 6.61 Å². The molecule has 0 saturated carbocycles. The van der Waals surface area contributed by atoms with Crippen molar-refractivity contribution in [3.8, 4) is 11.1 Å². The molecule has 0 bridgehead atoms. The molecule has 0 fully saturated rings. The van der Waals surface area contributed by atoms with Gasteiger partial charge in [-0.1, -0.05) is 62.4 Å². The van der Waals surface area contributed by atoms with Crippen LogP contribution in [-0.2, 0) is 14.3 Å². The van der Waals surface area contributed by atoms with Gasteiger partial charge in [0.25, 0.3) is 0 Å². The van der Waals surface area contributed by atoms with Crippen molar-refractivity contribution in [1.82, 2.24) is 10.6 Å². The molecule has 0 radical (unpaired) electrons. The maximum absolute atomic E-state index is 12.7. The molecule has 2 amide bonds. The summed E-state index contributed by atoms with van der Waals surface area (Å²) in [6.45, 7) is 6.30. The average Bonchev–Trinajstić information content (AvgIpc) is 3.14. The van der Waals surface area contributed by atoms with Gasteiger partial charge < -0.3 is 20.5 Å². The lowest BCUT2D eigenvalue weighted by atomic mass is 9.86. The number of fused-ring (bicyclic) bond motifs is 3. The van der Waals surface area contributed by atoms with Gasteiger partial charge in [0.05, 0.1) is 5.41 Å². The fraction of sp³-hybridized carbons (Fsp3) is 0.444. The first-order chi connectivity index (χ1) is 16.2. The molecule has 3 rings (SSSR count). The number of aliphatic carboxylic acids is 1. The first kappa shape index (κ1) is 25.3. The van der Waals surface area contributed by atoms with Crippen LogP contribution in [0.15, 0.2) is 48.5 Å². The number of carbonyl (C=O) groups excluding carboxylic acids is 2. The lowest BCUT2D eigenvalue weighted by Gasteiger charge is -2.27. The Morgan fingerprint density at radius 3 is 2.18 bits per heavy atom. The topological polar surface area (TPSA) is 105 Å². The molecular weight excluding hydrogens is 432 g/mol. The predicted octanol–water partition coefficient (Wildman–Crippen LogP) is 4.56. The molecule has 2 unspecified atom stereocenters. The zero-order valence-corrected chi connectivity index (χ0v) is 20.1. The van der Waals surface area contributed by atoms with Crippen molar-refractivity contribution in [2.75, 3.05) is 19.7 Å². The number of carbonyl (C=O) groups is 3. The van der Waals surface area contributed by atoms with Crippen LogP contribution < -0.4 is 10.6 Å². The first-order valence-electron chi connectivity index (χ1n) is 11.8. The van der Waals surface area contributed by atoms with E-state index >= 15 is 0 Å². The number of alkyl carbamates (subject to hydrolysis) is 1. The Labute approximate surface area is 200 Å². The summed E-state index contributed by atoms with van der Waals surface area (Å²) >= 11 is 0. The lowest BCUT2D eigenvalue weighted by molar-refractivity contribution is -0.138. The third-order valence-corrected chi connectivity index (χ3v) is 6.74. The fourth-order valence-corrected chi connectivity index (χ4v) is 4.33. The highest BCUT2D eigenvalue weighted by Gasteiger charge is 2.33. The molecule has 1 aliphatic carbocycles. The Hall–Kier alpha value is -3.35. The molecular formula is C27H34N2O5. The van der Waals surface area contributed by atoms with Crippen molar-refractivity contribution in [3.05, 3.63) is 59.7 Å². The predicted molar refractivity (Wildman–Crippen MR) is 131 cm³/mol. The molecule has 2 aromatic rings. The van der Waals surface area contributed by atoms with Gasteiger partial charge in [0.15, 0.2) is 0 Å². The minimum absolute atomic E-state index is 0.0215. The monoisotopic (exact) mass is 466 g/mol. The second kappa shape index (κ2) is 11.2. The fourth-order valence-electron chi connectivity index (χ4n) is 4.33. The van der Waals surface area contributed by atoms with Crippen LogP contribution in [0.5, 0.6) is 0 Å². The summed E-state index contributed by atoms with van der Waals surface area (Å²) < 4.78 is 5.57. The molecule has 0 heterocycles. The smallest absolute Gasteiger partial charge is 0.407 e. The van der Waals surface area contributed by atoms with Crippen LogP contribution in [0.25, 0.3) is 11.1 Å². The number of hydrogen-bond donors (Lipinski definition) is 3. The average molecular weight is 467 g/mol. The zero-order valence-electron chi connectivity index (χ0n) is 20.1. The molecule has 0 aromatic heterocycles. The number of rotatable bonds is 11. The van der Waals surface area contributed by atoms with E-state index in [0.717, 1.165) is 11.1 Å². The van der Waals surface area contributed by atoms with Gasteiger partial charge in [-0.2, -0.15) is 0 Å². The number of ether oxygens (including phenoxy) is 1. The van der Waals surface area contributed by atoms with Crippen LogP contribution in [0, 0.1) is 11.3 Å². The van der Waals surface area contributed by atoms with E-state index in [-0.39, 0.29) is 37.3 Å².